The van der Waals surface area contributed by atoms with Gasteiger partial charge in [-0.3, -0.25) is 4.79 Å². The summed E-state index contributed by atoms with van der Waals surface area (Å²) in [5.74, 6) is -0.477. The predicted octanol–water partition coefficient (Wildman–Crippen LogP) is 1.59. The molecule has 19 heavy (non-hydrogen) atoms. The molecule has 2 unspecified atom stereocenters. The number of nitrogens with one attached hydrogen (secondary N) is 1. The number of methoxy groups -OCH3 is 1. The molecule has 1 aliphatic carbocycles. The summed E-state index contributed by atoms with van der Waals surface area (Å²) in [6, 6.07) is 5.41. The van der Waals surface area contributed by atoms with Crippen LogP contribution in [0.15, 0.2) is 18.2 Å². The van der Waals surface area contributed by atoms with Crippen LogP contribution in [0.1, 0.15) is 30.6 Å². The summed E-state index contributed by atoms with van der Waals surface area (Å²) in [5.41, 5.74) is 12.8. The van der Waals surface area contributed by atoms with Crippen LogP contribution in [0.2, 0.25) is 0 Å². The Morgan fingerprint density at radius 3 is 2.68 bits per heavy atom. The van der Waals surface area contributed by atoms with Gasteiger partial charge in [-0.05, 0) is 24.6 Å². The van der Waals surface area contributed by atoms with Crippen LogP contribution in [-0.2, 0) is 4.74 Å². The SMILES string of the molecule is COC1CC(Nc2ccc(N)cc2C(N)=O)C1(C)C. The van der Waals surface area contributed by atoms with Crippen molar-refractivity contribution in [2.75, 3.05) is 18.2 Å². The third-order valence-electron chi connectivity index (χ3n) is 4.10. The molecule has 1 saturated carbocycles. The molecule has 5 heteroatoms. The lowest BCUT2D eigenvalue weighted by Gasteiger charge is -2.51. The zero-order valence-corrected chi connectivity index (χ0v) is 11.6. The fourth-order valence-electron chi connectivity index (χ4n) is 2.61. The fourth-order valence-corrected chi connectivity index (χ4v) is 2.61. The van der Waals surface area contributed by atoms with E-state index < -0.39 is 5.91 Å². The third-order valence-corrected chi connectivity index (χ3v) is 4.10. The lowest BCUT2D eigenvalue weighted by molar-refractivity contribution is -0.0794. The maximum Gasteiger partial charge on any atom is 0.250 e. The van der Waals surface area contributed by atoms with Gasteiger partial charge in [0.1, 0.15) is 0 Å². The van der Waals surface area contributed by atoms with E-state index >= 15 is 0 Å². The smallest absolute Gasteiger partial charge is 0.250 e. The molecule has 0 aromatic heterocycles. The number of anilines is 2. The van der Waals surface area contributed by atoms with Gasteiger partial charge in [-0.1, -0.05) is 13.8 Å². The highest BCUT2D eigenvalue weighted by Crippen LogP contribution is 2.44. The maximum atomic E-state index is 11.4. The Hall–Kier alpha value is -1.75. The lowest BCUT2D eigenvalue weighted by Crippen LogP contribution is -2.57. The van der Waals surface area contributed by atoms with Gasteiger partial charge < -0.3 is 21.5 Å². The van der Waals surface area contributed by atoms with E-state index in [1.807, 2.05) is 0 Å². The molecule has 1 fully saturated rings. The van der Waals surface area contributed by atoms with Gasteiger partial charge in [-0.15, -0.1) is 0 Å². The number of carbonyl (C=O) groups excluding carboxylic acids is 1. The van der Waals surface area contributed by atoms with E-state index in [9.17, 15) is 4.79 Å². The van der Waals surface area contributed by atoms with Crippen molar-refractivity contribution < 1.29 is 9.53 Å². The number of ether oxygens (including phenoxy) is 1. The molecular formula is C14H21N3O2. The Morgan fingerprint density at radius 2 is 2.16 bits per heavy atom. The highest BCUT2D eigenvalue weighted by atomic mass is 16.5. The summed E-state index contributed by atoms with van der Waals surface area (Å²) < 4.78 is 5.41. The highest BCUT2D eigenvalue weighted by molar-refractivity contribution is 5.99. The van der Waals surface area contributed by atoms with Gasteiger partial charge in [0.25, 0.3) is 5.91 Å². The fraction of sp³-hybridized carbons (Fsp3) is 0.500. The first-order valence-corrected chi connectivity index (χ1v) is 6.35. The lowest BCUT2D eigenvalue weighted by atomic mass is 9.64. The van der Waals surface area contributed by atoms with Crippen LogP contribution in [0.5, 0.6) is 0 Å². The summed E-state index contributed by atoms with van der Waals surface area (Å²) in [6.07, 6.45) is 1.14. The molecule has 104 valence electrons. The summed E-state index contributed by atoms with van der Waals surface area (Å²) in [4.78, 5) is 11.4. The number of hydrogen-bond donors (Lipinski definition) is 3. The van der Waals surface area contributed by atoms with Crippen molar-refractivity contribution in [3.8, 4) is 0 Å². The molecule has 2 atom stereocenters. The Kier molecular flexibility index (Phi) is 3.41. The number of nitrogen functional groups attached to an aromatic ring is 1. The van der Waals surface area contributed by atoms with E-state index in [-0.39, 0.29) is 17.6 Å². The van der Waals surface area contributed by atoms with Crippen molar-refractivity contribution in [2.24, 2.45) is 11.1 Å². The number of nitrogens with two attached hydrogens (primary N) is 2. The summed E-state index contributed by atoms with van der Waals surface area (Å²) in [6.45, 7) is 4.28. The number of carbonyl (C=O) groups is 1. The van der Waals surface area contributed by atoms with Crippen LogP contribution in [0.4, 0.5) is 11.4 Å². The number of benzene rings is 1. The zero-order chi connectivity index (χ0) is 14.2. The molecule has 2 rings (SSSR count). The van der Waals surface area contributed by atoms with Crippen molar-refractivity contribution in [3.05, 3.63) is 23.8 Å². The molecule has 0 saturated heterocycles. The predicted molar refractivity (Wildman–Crippen MR) is 76.0 cm³/mol. The molecular weight excluding hydrogens is 242 g/mol. The van der Waals surface area contributed by atoms with Crippen molar-refractivity contribution in [2.45, 2.75) is 32.4 Å². The molecule has 0 bridgehead atoms. The molecule has 1 amide bonds. The summed E-state index contributed by atoms with van der Waals surface area (Å²) >= 11 is 0. The second-order valence-corrected chi connectivity index (χ2v) is 5.65. The Morgan fingerprint density at radius 1 is 1.47 bits per heavy atom. The van der Waals surface area contributed by atoms with E-state index in [1.165, 1.54) is 0 Å². The topological polar surface area (TPSA) is 90.4 Å². The van der Waals surface area contributed by atoms with E-state index in [1.54, 1.807) is 25.3 Å². The van der Waals surface area contributed by atoms with Gasteiger partial charge in [0.2, 0.25) is 0 Å². The molecule has 0 radical (unpaired) electrons. The zero-order valence-electron chi connectivity index (χ0n) is 11.6. The first-order chi connectivity index (χ1) is 8.86. The van der Waals surface area contributed by atoms with E-state index in [0.717, 1.165) is 12.1 Å². The number of primary amides is 1. The minimum absolute atomic E-state index is 0.0189. The number of rotatable bonds is 4. The molecule has 0 heterocycles. The van der Waals surface area contributed by atoms with Gasteiger partial charge in [0, 0.05) is 29.9 Å². The van der Waals surface area contributed by atoms with Crippen molar-refractivity contribution >= 4 is 17.3 Å². The molecule has 1 aromatic carbocycles. The largest absolute Gasteiger partial charge is 0.399 e. The van der Waals surface area contributed by atoms with Crippen molar-refractivity contribution in [1.82, 2.24) is 0 Å². The highest BCUT2D eigenvalue weighted by Gasteiger charge is 2.48. The molecule has 1 aliphatic rings. The Bertz CT molecular complexity index is 499. The standard InChI is InChI=1S/C14H21N3O2/c1-14(2)11(7-12(14)19-3)17-10-5-4-8(15)6-9(10)13(16)18/h4-6,11-12,17H,7,15H2,1-3H3,(H2,16,18). The van der Waals surface area contributed by atoms with Crippen molar-refractivity contribution in [3.63, 3.8) is 0 Å². The van der Waals surface area contributed by atoms with Crippen LogP contribution in [0.25, 0.3) is 0 Å². The maximum absolute atomic E-state index is 11.4. The monoisotopic (exact) mass is 263 g/mol. The quantitative estimate of drug-likeness (QED) is 0.719. The van der Waals surface area contributed by atoms with Gasteiger partial charge >= 0.3 is 0 Å². The van der Waals surface area contributed by atoms with Crippen LogP contribution >= 0.6 is 0 Å². The van der Waals surface area contributed by atoms with Crippen molar-refractivity contribution in [1.29, 1.82) is 0 Å². The van der Waals surface area contributed by atoms with Gasteiger partial charge in [-0.2, -0.15) is 0 Å². The van der Waals surface area contributed by atoms with Crippen LogP contribution in [-0.4, -0.2) is 25.2 Å². The number of amides is 1. The first-order valence-electron chi connectivity index (χ1n) is 6.35. The van der Waals surface area contributed by atoms with E-state index in [2.05, 4.69) is 19.2 Å². The van der Waals surface area contributed by atoms with Gasteiger partial charge in [-0.25, -0.2) is 0 Å². The minimum atomic E-state index is -0.477. The Balaban J connectivity index is 2.19. The second kappa shape index (κ2) is 4.74. The van der Waals surface area contributed by atoms with Crippen LogP contribution in [0.3, 0.4) is 0 Å². The average Bonchev–Trinajstić information content (AvgIpc) is 2.35. The third kappa shape index (κ3) is 2.38. The molecule has 5 N–H and O–H groups in total. The number of hydrogen-bond acceptors (Lipinski definition) is 4. The Labute approximate surface area is 113 Å². The molecule has 0 aliphatic heterocycles. The summed E-state index contributed by atoms with van der Waals surface area (Å²) in [7, 11) is 1.72. The average molecular weight is 263 g/mol. The van der Waals surface area contributed by atoms with Crippen LogP contribution < -0.4 is 16.8 Å². The molecule has 5 nitrogen and oxygen atoms in total. The second-order valence-electron chi connectivity index (χ2n) is 5.65. The molecule has 0 spiro atoms. The van der Waals surface area contributed by atoms with E-state index in [4.69, 9.17) is 16.2 Å². The van der Waals surface area contributed by atoms with Crippen LogP contribution in [0, 0.1) is 5.41 Å². The van der Waals surface area contributed by atoms with Gasteiger partial charge in [0.15, 0.2) is 0 Å². The minimum Gasteiger partial charge on any atom is -0.399 e. The van der Waals surface area contributed by atoms with Gasteiger partial charge in [0.05, 0.1) is 11.7 Å². The summed E-state index contributed by atoms with van der Waals surface area (Å²) in [5, 5.41) is 3.37. The molecule has 1 aromatic rings. The first kappa shape index (κ1) is 13.7. The van der Waals surface area contributed by atoms with E-state index in [0.29, 0.717) is 11.3 Å². The normalized spacial score (nSPS) is 24.6.